The molecule has 1 heterocycles. The standard InChI is InChI=1S/C17H14N2O4S/c1-11-7-8-15-14(6-3-9-18-15)16(11)24(22,23)19-13-5-2-4-12(10-13)17(20)21/h2-10,19H,1H3,(H,20,21). The summed E-state index contributed by atoms with van der Waals surface area (Å²) in [6.07, 6.45) is 1.60. The van der Waals surface area contributed by atoms with Gasteiger partial charge in [0.05, 0.1) is 16.0 Å². The molecule has 0 saturated heterocycles. The van der Waals surface area contributed by atoms with Crippen molar-refractivity contribution >= 4 is 32.6 Å². The molecule has 0 radical (unpaired) electrons. The SMILES string of the molecule is Cc1ccc2ncccc2c1S(=O)(=O)Nc1cccc(C(=O)O)c1. The monoisotopic (exact) mass is 342 g/mol. The molecule has 0 amide bonds. The lowest BCUT2D eigenvalue weighted by atomic mass is 10.1. The minimum Gasteiger partial charge on any atom is -0.478 e. The van der Waals surface area contributed by atoms with Crippen molar-refractivity contribution in [3.8, 4) is 0 Å². The summed E-state index contributed by atoms with van der Waals surface area (Å²) in [6.45, 7) is 1.70. The van der Waals surface area contributed by atoms with Crippen LogP contribution in [-0.2, 0) is 10.0 Å². The Morgan fingerprint density at radius 3 is 2.67 bits per heavy atom. The smallest absolute Gasteiger partial charge is 0.335 e. The molecule has 2 N–H and O–H groups in total. The zero-order valence-electron chi connectivity index (χ0n) is 12.7. The van der Waals surface area contributed by atoms with Gasteiger partial charge in [-0.25, -0.2) is 13.2 Å². The van der Waals surface area contributed by atoms with Crippen molar-refractivity contribution in [2.24, 2.45) is 0 Å². The van der Waals surface area contributed by atoms with Gasteiger partial charge in [-0.2, -0.15) is 0 Å². The van der Waals surface area contributed by atoms with Crippen LogP contribution in [0.15, 0.2) is 59.6 Å². The fourth-order valence-corrected chi connectivity index (χ4v) is 4.01. The summed E-state index contributed by atoms with van der Waals surface area (Å²) >= 11 is 0. The summed E-state index contributed by atoms with van der Waals surface area (Å²) in [5.41, 5.74) is 1.35. The van der Waals surface area contributed by atoms with E-state index in [1.54, 1.807) is 37.4 Å². The van der Waals surface area contributed by atoms with E-state index in [1.807, 2.05) is 0 Å². The molecule has 24 heavy (non-hydrogen) atoms. The number of carbonyl (C=O) groups is 1. The highest BCUT2D eigenvalue weighted by Crippen LogP contribution is 2.27. The summed E-state index contributed by atoms with van der Waals surface area (Å²) in [5.74, 6) is -1.12. The van der Waals surface area contributed by atoms with Crippen molar-refractivity contribution in [3.05, 3.63) is 65.9 Å². The van der Waals surface area contributed by atoms with Crippen LogP contribution >= 0.6 is 0 Å². The molecule has 7 heteroatoms. The summed E-state index contributed by atoms with van der Waals surface area (Å²) < 4.78 is 28.1. The van der Waals surface area contributed by atoms with E-state index in [0.717, 1.165) is 0 Å². The average molecular weight is 342 g/mol. The highest BCUT2D eigenvalue weighted by molar-refractivity contribution is 7.93. The zero-order chi connectivity index (χ0) is 17.3. The third-order valence-electron chi connectivity index (χ3n) is 3.56. The number of rotatable bonds is 4. The lowest BCUT2D eigenvalue weighted by Gasteiger charge is -2.13. The molecule has 0 spiro atoms. The molecular weight excluding hydrogens is 328 g/mol. The Morgan fingerprint density at radius 2 is 1.92 bits per heavy atom. The van der Waals surface area contributed by atoms with Gasteiger partial charge in [-0.1, -0.05) is 12.1 Å². The number of hydrogen-bond acceptors (Lipinski definition) is 4. The quantitative estimate of drug-likeness (QED) is 0.759. The molecule has 122 valence electrons. The lowest BCUT2D eigenvalue weighted by molar-refractivity contribution is 0.0697. The van der Waals surface area contributed by atoms with Crippen molar-refractivity contribution in [1.82, 2.24) is 4.98 Å². The third kappa shape index (κ3) is 2.93. The van der Waals surface area contributed by atoms with Crippen LogP contribution in [0.25, 0.3) is 10.9 Å². The normalized spacial score (nSPS) is 11.4. The predicted octanol–water partition coefficient (Wildman–Crippen LogP) is 3.04. The van der Waals surface area contributed by atoms with E-state index in [2.05, 4.69) is 9.71 Å². The maximum Gasteiger partial charge on any atom is 0.335 e. The third-order valence-corrected chi connectivity index (χ3v) is 5.15. The molecule has 0 unspecified atom stereocenters. The molecule has 0 atom stereocenters. The van der Waals surface area contributed by atoms with Crippen molar-refractivity contribution in [2.75, 3.05) is 4.72 Å². The second kappa shape index (κ2) is 5.93. The number of pyridine rings is 1. The lowest BCUT2D eigenvalue weighted by Crippen LogP contribution is -2.15. The number of anilines is 1. The number of aromatic carboxylic acids is 1. The summed E-state index contributed by atoms with van der Waals surface area (Å²) in [6, 6.07) is 12.5. The summed E-state index contributed by atoms with van der Waals surface area (Å²) in [5, 5.41) is 9.54. The first kappa shape index (κ1) is 15.9. The number of hydrogen-bond donors (Lipinski definition) is 2. The predicted molar refractivity (Wildman–Crippen MR) is 90.7 cm³/mol. The van der Waals surface area contributed by atoms with Gasteiger partial charge in [0.15, 0.2) is 0 Å². The number of aromatic nitrogens is 1. The number of nitrogens with one attached hydrogen (secondary N) is 1. The number of benzene rings is 2. The van der Waals surface area contributed by atoms with E-state index in [0.29, 0.717) is 16.5 Å². The van der Waals surface area contributed by atoms with Crippen LogP contribution in [0, 0.1) is 6.92 Å². The molecule has 3 aromatic rings. The van der Waals surface area contributed by atoms with Crippen LogP contribution in [0.4, 0.5) is 5.69 Å². The maximum atomic E-state index is 12.8. The van der Waals surface area contributed by atoms with E-state index in [4.69, 9.17) is 5.11 Å². The van der Waals surface area contributed by atoms with Crippen LogP contribution in [0.1, 0.15) is 15.9 Å². The van der Waals surface area contributed by atoms with Gasteiger partial charge in [0.1, 0.15) is 0 Å². The Kier molecular flexibility index (Phi) is 3.94. The minimum absolute atomic E-state index is 0.00603. The van der Waals surface area contributed by atoms with Gasteiger partial charge in [-0.15, -0.1) is 0 Å². The first-order valence-corrected chi connectivity index (χ1v) is 8.57. The number of nitrogens with zero attached hydrogens (tertiary/aromatic N) is 1. The maximum absolute atomic E-state index is 12.8. The fraction of sp³-hybridized carbons (Fsp3) is 0.0588. The highest BCUT2D eigenvalue weighted by Gasteiger charge is 2.21. The molecule has 0 aliphatic heterocycles. The van der Waals surface area contributed by atoms with Gasteiger partial charge < -0.3 is 5.11 Å². The van der Waals surface area contributed by atoms with Crippen LogP contribution in [0.5, 0.6) is 0 Å². The first-order chi connectivity index (χ1) is 11.4. The second-order valence-corrected chi connectivity index (χ2v) is 6.89. The van der Waals surface area contributed by atoms with Crippen LogP contribution < -0.4 is 4.72 Å². The number of carboxylic acids is 1. The Morgan fingerprint density at radius 1 is 1.12 bits per heavy atom. The largest absolute Gasteiger partial charge is 0.478 e. The fourth-order valence-electron chi connectivity index (χ4n) is 2.51. The van der Waals surface area contributed by atoms with Crippen LogP contribution in [-0.4, -0.2) is 24.5 Å². The molecule has 0 aliphatic rings. The van der Waals surface area contributed by atoms with E-state index in [1.165, 1.54) is 24.3 Å². The van der Waals surface area contributed by atoms with Crippen LogP contribution in [0.2, 0.25) is 0 Å². The summed E-state index contributed by atoms with van der Waals surface area (Å²) in [7, 11) is -3.90. The van der Waals surface area contributed by atoms with Gasteiger partial charge in [-0.05, 0) is 48.9 Å². The molecule has 6 nitrogen and oxygen atoms in total. The Hall–Kier alpha value is -2.93. The van der Waals surface area contributed by atoms with Gasteiger partial charge in [0.25, 0.3) is 10.0 Å². The molecule has 0 aliphatic carbocycles. The molecular formula is C17H14N2O4S. The number of sulfonamides is 1. The van der Waals surface area contributed by atoms with Crippen molar-refractivity contribution in [1.29, 1.82) is 0 Å². The molecule has 2 aromatic carbocycles. The Labute approximate surface area is 138 Å². The molecule has 3 rings (SSSR count). The van der Waals surface area contributed by atoms with Gasteiger partial charge in [-0.3, -0.25) is 9.71 Å². The zero-order valence-corrected chi connectivity index (χ0v) is 13.5. The van der Waals surface area contributed by atoms with Gasteiger partial charge in [0, 0.05) is 17.3 Å². The number of aryl methyl sites for hydroxylation is 1. The second-order valence-electron chi connectivity index (χ2n) is 5.27. The molecule has 0 fully saturated rings. The molecule has 0 saturated carbocycles. The average Bonchev–Trinajstić information content (AvgIpc) is 2.54. The number of carboxylic acid groups (broad SMARTS) is 1. The van der Waals surface area contributed by atoms with Crippen molar-refractivity contribution in [3.63, 3.8) is 0 Å². The van der Waals surface area contributed by atoms with Crippen molar-refractivity contribution < 1.29 is 18.3 Å². The topological polar surface area (TPSA) is 96.4 Å². The minimum atomic E-state index is -3.90. The van der Waals surface area contributed by atoms with Crippen molar-refractivity contribution in [2.45, 2.75) is 11.8 Å². The van der Waals surface area contributed by atoms with E-state index >= 15 is 0 Å². The Balaban J connectivity index is 2.11. The Bertz CT molecular complexity index is 1050. The molecule has 0 bridgehead atoms. The van der Waals surface area contributed by atoms with E-state index in [9.17, 15) is 13.2 Å². The highest BCUT2D eigenvalue weighted by atomic mass is 32.2. The van der Waals surface area contributed by atoms with E-state index in [-0.39, 0.29) is 16.1 Å². The van der Waals surface area contributed by atoms with Gasteiger partial charge in [0.2, 0.25) is 0 Å². The summed E-state index contributed by atoms with van der Waals surface area (Å²) in [4.78, 5) is 15.3. The molecule has 1 aromatic heterocycles. The number of fused-ring (bicyclic) bond motifs is 1. The first-order valence-electron chi connectivity index (χ1n) is 7.09. The van der Waals surface area contributed by atoms with Gasteiger partial charge >= 0.3 is 5.97 Å². The van der Waals surface area contributed by atoms with E-state index < -0.39 is 16.0 Å². The van der Waals surface area contributed by atoms with Crippen LogP contribution in [0.3, 0.4) is 0 Å².